The maximum atomic E-state index is 12.2. The molecule has 1 aromatic carbocycles. The summed E-state index contributed by atoms with van der Waals surface area (Å²) in [5.41, 5.74) is 0.544. The molecule has 0 fully saturated rings. The molecule has 0 aliphatic rings. The lowest BCUT2D eigenvalue weighted by Crippen LogP contribution is -2.28. The summed E-state index contributed by atoms with van der Waals surface area (Å²) < 4.78 is 12.9. The highest BCUT2D eigenvalue weighted by molar-refractivity contribution is 7.07. The Labute approximate surface area is 135 Å². The fourth-order valence-electron chi connectivity index (χ4n) is 1.94. The normalized spacial score (nSPS) is 12.3. The molecule has 0 saturated heterocycles. The first-order chi connectivity index (χ1) is 10.5. The van der Waals surface area contributed by atoms with Crippen molar-refractivity contribution in [3.8, 4) is 17.6 Å². The van der Waals surface area contributed by atoms with Crippen LogP contribution in [0.3, 0.4) is 0 Å². The lowest BCUT2D eigenvalue weighted by molar-refractivity contribution is 0.355. The van der Waals surface area contributed by atoms with Crippen molar-refractivity contribution in [2.24, 2.45) is 7.05 Å². The molecule has 0 saturated carbocycles. The predicted molar refractivity (Wildman–Crippen MR) is 87.0 cm³/mol. The number of thiazole rings is 1. The maximum absolute atomic E-state index is 12.2. The zero-order chi connectivity index (χ0) is 16.3. The van der Waals surface area contributed by atoms with Gasteiger partial charge in [0.1, 0.15) is 4.66 Å². The maximum Gasteiger partial charge on any atom is 0.268 e. The zero-order valence-electron chi connectivity index (χ0n) is 12.2. The molecule has 7 heteroatoms. The number of benzene rings is 1. The van der Waals surface area contributed by atoms with Crippen LogP contribution in [-0.2, 0) is 7.05 Å². The standard InChI is InChI=1S/C15H13ClN2O3S/c1-18-13(4-5-17)22-12(15(18)19)8-9-6-10(16)14(21-3)11(7-9)20-2/h4,6-8H,1-3H3/b12-8-,13-4-. The molecule has 0 bridgehead atoms. The van der Waals surface area contributed by atoms with Crippen LogP contribution in [0.15, 0.2) is 16.9 Å². The third-order valence-electron chi connectivity index (χ3n) is 3.00. The van der Waals surface area contributed by atoms with Gasteiger partial charge in [-0.2, -0.15) is 5.26 Å². The van der Waals surface area contributed by atoms with Gasteiger partial charge in [0.2, 0.25) is 0 Å². The Hall–Kier alpha value is -2.23. The number of nitriles is 1. The highest BCUT2D eigenvalue weighted by Gasteiger charge is 2.10. The number of nitrogens with zero attached hydrogens (tertiary/aromatic N) is 2. The molecule has 0 spiro atoms. The number of methoxy groups -OCH3 is 2. The second kappa shape index (κ2) is 6.69. The average molecular weight is 337 g/mol. The first-order valence-corrected chi connectivity index (χ1v) is 7.40. The lowest BCUT2D eigenvalue weighted by Gasteiger charge is -2.09. The summed E-state index contributed by atoms with van der Waals surface area (Å²) in [5.74, 6) is 0.928. The minimum Gasteiger partial charge on any atom is -0.493 e. The van der Waals surface area contributed by atoms with Crippen LogP contribution in [0.2, 0.25) is 5.02 Å². The van der Waals surface area contributed by atoms with Crippen molar-refractivity contribution >= 4 is 35.1 Å². The molecule has 1 heterocycles. The average Bonchev–Trinajstić information content (AvgIpc) is 2.75. The van der Waals surface area contributed by atoms with E-state index in [0.717, 1.165) is 0 Å². The summed E-state index contributed by atoms with van der Waals surface area (Å²) in [6.45, 7) is 0. The van der Waals surface area contributed by atoms with E-state index in [2.05, 4.69) is 0 Å². The minimum absolute atomic E-state index is 0.169. The zero-order valence-corrected chi connectivity index (χ0v) is 13.8. The Balaban J connectivity index is 2.68. The van der Waals surface area contributed by atoms with Crippen molar-refractivity contribution in [3.63, 3.8) is 0 Å². The molecule has 5 nitrogen and oxygen atoms in total. The molecular weight excluding hydrogens is 324 g/mol. The summed E-state index contributed by atoms with van der Waals surface area (Å²) in [7, 11) is 4.65. The second-order valence-electron chi connectivity index (χ2n) is 4.32. The fourth-order valence-corrected chi connectivity index (χ4v) is 3.21. The summed E-state index contributed by atoms with van der Waals surface area (Å²) in [5, 5.41) is 9.12. The number of rotatable bonds is 3. The first kappa shape index (κ1) is 16.1. The third kappa shape index (κ3) is 3.01. The highest BCUT2D eigenvalue weighted by Crippen LogP contribution is 2.36. The molecule has 0 aliphatic carbocycles. The van der Waals surface area contributed by atoms with Crippen molar-refractivity contribution in [3.05, 3.63) is 42.3 Å². The number of halogens is 1. The van der Waals surface area contributed by atoms with Gasteiger partial charge in [0.25, 0.3) is 5.56 Å². The van der Waals surface area contributed by atoms with Gasteiger partial charge in [0.15, 0.2) is 11.5 Å². The van der Waals surface area contributed by atoms with Crippen molar-refractivity contribution in [2.45, 2.75) is 0 Å². The van der Waals surface area contributed by atoms with Gasteiger partial charge in [-0.15, -0.1) is 11.3 Å². The Morgan fingerprint density at radius 1 is 1.36 bits per heavy atom. The molecule has 0 N–H and O–H groups in total. The topological polar surface area (TPSA) is 64.2 Å². The summed E-state index contributed by atoms with van der Waals surface area (Å²) in [6.07, 6.45) is 3.04. The van der Waals surface area contributed by atoms with E-state index in [-0.39, 0.29) is 5.56 Å². The van der Waals surface area contributed by atoms with Crippen LogP contribution in [-0.4, -0.2) is 18.8 Å². The lowest BCUT2D eigenvalue weighted by atomic mass is 10.2. The van der Waals surface area contributed by atoms with Crippen molar-refractivity contribution in [1.29, 1.82) is 5.26 Å². The SMILES string of the molecule is COc1cc(/C=c2\s/c(=C\C#N)n(C)c2=O)cc(Cl)c1OC. The summed E-state index contributed by atoms with van der Waals surface area (Å²) in [4.78, 5) is 12.2. The molecule has 1 aromatic heterocycles. The first-order valence-electron chi connectivity index (χ1n) is 6.20. The third-order valence-corrected chi connectivity index (χ3v) is 4.40. The number of ether oxygens (including phenoxy) is 2. The van der Waals surface area contributed by atoms with Gasteiger partial charge in [-0.3, -0.25) is 4.79 Å². The molecule has 0 atom stereocenters. The van der Waals surface area contributed by atoms with Crippen LogP contribution in [0.4, 0.5) is 0 Å². The van der Waals surface area contributed by atoms with Crippen LogP contribution in [0.25, 0.3) is 12.2 Å². The number of hydrogen-bond acceptors (Lipinski definition) is 5. The van der Waals surface area contributed by atoms with E-state index in [4.69, 9.17) is 26.3 Å². The Morgan fingerprint density at radius 3 is 2.68 bits per heavy atom. The van der Waals surface area contributed by atoms with E-state index in [1.807, 2.05) is 6.07 Å². The van der Waals surface area contributed by atoms with E-state index < -0.39 is 0 Å². The monoisotopic (exact) mass is 336 g/mol. The molecule has 2 aromatic rings. The number of hydrogen-bond donors (Lipinski definition) is 0. The molecule has 0 aliphatic heterocycles. The molecule has 114 valence electrons. The van der Waals surface area contributed by atoms with E-state index in [1.54, 1.807) is 25.3 Å². The van der Waals surface area contributed by atoms with Gasteiger partial charge in [-0.25, -0.2) is 0 Å². The van der Waals surface area contributed by atoms with Crippen LogP contribution in [0.5, 0.6) is 11.5 Å². The van der Waals surface area contributed by atoms with E-state index >= 15 is 0 Å². The molecule has 0 unspecified atom stereocenters. The smallest absolute Gasteiger partial charge is 0.268 e. The van der Waals surface area contributed by atoms with Gasteiger partial charge in [0, 0.05) is 13.1 Å². The minimum atomic E-state index is -0.169. The quantitative estimate of drug-likeness (QED) is 0.846. The largest absolute Gasteiger partial charge is 0.493 e. The highest BCUT2D eigenvalue weighted by atomic mass is 35.5. The van der Waals surface area contributed by atoms with Gasteiger partial charge < -0.3 is 14.0 Å². The Bertz CT molecular complexity index is 922. The van der Waals surface area contributed by atoms with Crippen molar-refractivity contribution in [2.75, 3.05) is 14.2 Å². The van der Waals surface area contributed by atoms with Crippen molar-refractivity contribution < 1.29 is 9.47 Å². The van der Waals surface area contributed by atoms with Crippen LogP contribution in [0.1, 0.15) is 5.56 Å². The Kier molecular flexibility index (Phi) is 4.91. The van der Waals surface area contributed by atoms with Gasteiger partial charge in [0.05, 0.1) is 29.8 Å². The van der Waals surface area contributed by atoms with E-state index in [9.17, 15) is 4.79 Å². The second-order valence-corrected chi connectivity index (χ2v) is 5.79. The van der Waals surface area contributed by atoms with Crippen molar-refractivity contribution in [1.82, 2.24) is 4.57 Å². The van der Waals surface area contributed by atoms with Crippen LogP contribution < -0.4 is 24.2 Å². The molecular formula is C15H13ClN2O3S. The summed E-state index contributed by atoms with van der Waals surface area (Å²) in [6, 6.07) is 5.35. The molecule has 0 amide bonds. The fraction of sp³-hybridized carbons (Fsp3) is 0.200. The van der Waals surface area contributed by atoms with E-state index in [0.29, 0.717) is 31.3 Å². The van der Waals surface area contributed by atoms with E-state index in [1.165, 1.54) is 36.2 Å². The molecule has 22 heavy (non-hydrogen) atoms. The Morgan fingerprint density at radius 2 is 2.09 bits per heavy atom. The predicted octanol–water partition coefficient (Wildman–Crippen LogP) is 1.25. The number of aromatic nitrogens is 1. The molecule has 0 radical (unpaired) electrons. The van der Waals surface area contributed by atoms with Gasteiger partial charge in [-0.1, -0.05) is 11.6 Å². The summed E-state index contributed by atoms with van der Waals surface area (Å²) >= 11 is 7.39. The van der Waals surface area contributed by atoms with Gasteiger partial charge in [-0.05, 0) is 23.8 Å². The van der Waals surface area contributed by atoms with Crippen LogP contribution in [0, 0.1) is 11.3 Å². The van der Waals surface area contributed by atoms with Crippen LogP contribution >= 0.6 is 22.9 Å². The molecule has 2 rings (SSSR count). The van der Waals surface area contributed by atoms with Gasteiger partial charge >= 0.3 is 0 Å².